The minimum atomic E-state index is -4.90. The Balaban J connectivity index is 1.08. The highest BCUT2D eigenvalue weighted by atomic mass is 32.1. The summed E-state index contributed by atoms with van der Waals surface area (Å²) in [7, 11) is 0. The maximum Gasteiger partial charge on any atom is 0.423 e. The monoisotopic (exact) mass is 657 g/mol. The number of alkyl halides is 6. The fourth-order valence-electron chi connectivity index (χ4n) is 5.14. The predicted octanol–water partition coefficient (Wildman–Crippen LogP) is 6.26. The number of thiazole rings is 1. The molecule has 0 spiro atoms. The molecule has 240 valence electrons. The third kappa shape index (κ3) is 7.58. The number of carbonyl (C=O) groups is 2. The second kappa shape index (κ2) is 12.7. The lowest BCUT2D eigenvalue weighted by Gasteiger charge is -2.34. The first kappa shape index (κ1) is 32.3. The molecule has 5 rings (SSSR count). The number of hydrogen-bond donors (Lipinski definition) is 0. The summed E-state index contributed by atoms with van der Waals surface area (Å²) in [5.41, 5.74) is -2.57. The number of aromatic nitrogens is 1. The second-order valence-corrected chi connectivity index (χ2v) is 11.5. The highest BCUT2D eigenvalue weighted by Crippen LogP contribution is 2.38. The van der Waals surface area contributed by atoms with E-state index in [4.69, 9.17) is 4.74 Å². The minimum absolute atomic E-state index is 0.0335. The number of nitrogens with zero attached hydrogens (tertiary/aromatic N) is 5. The molecule has 1 saturated carbocycles. The SMILES string of the molecule is O=C(COC1CCC(=Nc2ccc([N+](=O)[O-])c(C(F)(F)F)c2)CC1)N1CCN(C(=O)c2nc3cc(C(F)(F)F)ccc3s2)CC1. The van der Waals surface area contributed by atoms with E-state index in [1.165, 1.54) is 17.0 Å². The molecule has 3 aromatic rings. The first-order valence-electron chi connectivity index (χ1n) is 13.8. The molecule has 2 aliphatic rings. The molecule has 2 heterocycles. The van der Waals surface area contributed by atoms with Crippen molar-refractivity contribution in [1.29, 1.82) is 0 Å². The van der Waals surface area contributed by atoms with Crippen molar-refractivity contribution in [3.8, 4) is 0 Å². The van der Waals surface area contributed by atoms with Gasteiger partial charge in [0, 0.05) is 38.0 Å². The van der Waals surface area contributed by atoms with E-state index in [0.717, 1.165) is 29.5 Å². The van der Waals surface area contributed by atoms with Crippen LogP contribution in [0.25, 0.3) is 10.2 Å². The van der Waals surface area contributed by atoms with Crippen molar-refractivity contribution in [2.75, 3.05) is 32.8 Å². The molecule has 2 aromatic carbocycles. The Morgan fingerprint density at radius 3 is 2.27 bits per heavy atom. The largest absolute Gasteiger partial charge is 0.423 e. The van der Waals surface area contributed by atoms with Crippen molar-refractivity contribution in [2.45, 2.75) is 44.1 Å². The summed E-state index contributed by atoms with van der Waals surface area (Å²) in [6.07, 6.45) is -7.88. The zero-order chi connectivity index (χ0) is 32.5. The average molecular weight is 658 g/mol. The van der Waals surface area contributed by atoms with Crippen molar-refractivity contribution in [1.82, 2.24) is 14.8 Å². The first-order valence-corrected chi connectivity index (χ1v) is 14.6. The van der Waals surface area contributed by atoms with Crippen LogP contribution in [0.15, 0.2) is 41.4 Å². The molecule has 0 bridgehead atoms. The summed E-state index contributed by atoms with van der Waals surface area (Å²) in [6, 6.07) is 5.75. The van der Waals surface area contributed by atoms with Crippen molar-refractivity contribution in [3.05, 3.63) is 62.6 Å². The van der Waals surface area contributed by atoms with Crippen LogP contribution < -0.4 is 0 Å². The number of nitro groups is 1. The van der Waals surface area contributed by atoms with E-state index in [-0.39, 0.29) is 61.0 Å². The molecule has 2 fully saturated rings. The zero-order valence-corrected chi connectivity index (χ0v) is 24.2. The van der Waals surface area contributed by atoms with E-state index in [0.29, 0.717) is 42.2 Å². The number of fused-ring (bicyclic) bond motifs is 1. The summed E-state index contributed by atoms with van der Waals surface area (Å²) in [5.74, 6) is -0.692. The molecule has 2 amide bonds. The lowest BCUT2D eigenvalue weighted by molar-refractivity contribution is -0.388. The number of halogens is 6. The van der Waals surface area contributed by atoms with E-state index < -0.39 is 40.0 Å². The molecule has 1 saturated heterocycles. The summed E-state index contributed by atoms with van der Waals surface area (Å²) in [5, 5.41) is 11.0. The van der Waals surface area contributed by atoms with Crippen LogP contribution in [0.5, 0.6) is 0 Å². The zero-order valence-electron chi connectivity index (χ0n) is 23.4. The number of piperazine rings is 1. The number of rotatable bonds is 6. The van der Waals surface area contributed by atoms with Crippen molar-refractivity contribution < 1.29 is 45.6 Å². The van der Waals surface area contributed by atoms with Gasteiger partial charge in [-0.2, -0.15) is 26.3 Å². The molecule has 1 aromatic heterocycles. The van der Waals surface area contributed by atoms with Gasteiger partial charge in [-0.3, -0.25) is 24.7 Å². The van der Waals surface area contributed by atoms with Crippen molar-refractivity contribution in [3.63, 3.8) is 0 Å². The van der Waals surface area contributed by atoms with Gasteiger partial charge in [-0.15, -0.1) is 11.3 Å². The summed E-state index contributed by atoms with van der Waals surface area (Å²) in [4.78, 5) is 46.9. The smallest absolute Gasteiger partial charge is 0.368 e. The van der Waals surface area contributed by atoms with Gasteiger partial charge >= 0.3 is 12.4 Å². The molecule has 0 radical (unpaired) electrons. The molecule has 45 heavy (non-hydrogen) atoms. The molecular weight excluding hydrogens is 632 g/mol. The number of aliphatic imine (C=N–C) groups is 1. The topological polar surface area (TPSA) is 118 Å². The van der Waals surface area contributed by atoms with Crippen LogP contribution >= 0.6 is 11.3 Å². The Morgan fingerprint density at radius 2 is 1.64 bits per heavy atom. The van der Waals surface area contributed by atoms with Crippen LogP contribution in [-0.4, -0.2) is 76.1 Å². The standard InChI is InChI=1S/C28H25F6N5O5S/c29-27(30,31)16-1-8-23-21(13-16)36-25(45-23)26(41)38-11-9-37(10-12-38)24(40)15-44-19-5-2-17(3-6-19)35-18-4-7-22(39(42)43)20(14-18)28(32,33)34/h1,4,7-8,13-14,19H,2-3,5-6,9-12,15H2. The Bertz CT molecular complexity index is 1640. The molecule has 1 aliphatic heterocycles. The minimum Gasteiger partial charge on any atom is -0.368 e. The maximum atomic E-state index is 13.3. The van der Waals surface area contributed by atoms with Crippen LogP contribution in [0.4, 0.5) is 37.7 Å². The Hall–Kier alpha value is -4.12. The van der Waals surface area contributed by atoms with Gasteiger partial charge in [0.2, 0.25) is 5.91 Å². The van der Waals surface area contributed by atoms with E-state index in [2.05, 4.69) is 9.98 Å². The normalized spacial score (nSPS) is 17.9. The summed E-state index contributed by atoms with van der Waals surface area (Å²) in [6.45, 7) is 0.732. The molecule has 1 aliphatic carbocycles. The lowest BCUT2D eigenvalue weighted by atomic mass is 9.95. The van der Waals surface area contributed by atoms with E-state index in [1.54, 1.807) is 4.90 Å². The Kier molecular flexibility index (Phi) is 9.11. The lowest BCUT2D eigenvalue weighted by Crippen LogP contribution is -2.51. The van der Waals surface area contributed by atoms with Crippen LogP contribution in [0, 0.1) is 10.1 Å². The summed E-state index contributed by atoms with van der Waals surface area (Å²) >= 11 is 1.00. The van der Waals surface area contributed by atoms with Gasteiger partial charge in [0.1, 0.15) is 12.2 Å². The maximum absolute atomic E-state index is 13.3. The molecule has 0 N–H and O–H groups in total. The van der Waals surface area contributed by atoms with Gasteiger partial charge in [0.05, 0.1) is 32.5 Å². The van der Waals surface area contributed by atoms with Gasteiger partial charge < -0.3 is 14.5 Å². The van der Waals surface area contributed by atoms with Gasteiger partial charge in [-0.1, -0.05) is 0 Å². The van der Waals surface area contributed by atoms with Crippen molar-refractivity contribution >= 4 is 50.5 Å². The Morgan fingerprint density at radius 1 is 0.978 bits per heavy atom. The summed E-state index contributed by atoms with van der Waals surface area (Å²) < 4.78 is 85.0. The number of nitro benzene ring substituents is 1. The molecule has 10 nitrogen and oxygen atoms in total. The van der Waals surface area contributed by atoms with Gasteiger partial charge in [-0.05, 0) is 56.0 Å². The quantitative estimate of drug-likeness (QED) is 0.176. The van der Waals surface area contributed by atoms with Crippen molar-refractivity contribution in [2.24, 2.45) is 4.99 Å². The van der Waals surface area contributed by atoms with Crippen LogP contribution in [0.1, 0.15) is 46.6 Å². The number of amides is 2. The van der Waals surface area contributed by atoms with E-state index in [9.17, 15) is 46.0 Å². The molecule has 0 unspecified atom stereocenters. The number of carbonyl (C=O) groups excluding carboxylic acids is 2. The number of ether oxygens (including phenoxy) is 1. The third-order valence-electron chi connectivity index (χ3n) is 7.54. The highest BCUT2D eigenvalue weighted by molar-refractivity contribution is 7.20. The van der Waals surface area contributed by atoms with Crippen LogP contribution in [-0.2, 0) is 21.9 Å². The van der Waals surface area contributed by atoms with Gasteiger partial charge in [-0.25, -0.2) is 4.98 Å². The van der Waals surface area contributed by atoms with Crippen LogP contribution in [0.3, 0.4) is 0 Å². The average Bonchev–Trinajstić information content (AvgIpc) is 3.43. The van der Waals surface area contributed by atoms with E-state index in [1.807, 2.05) is 0 Å². The van der Waals surface area contributed by atoms with Gasteiger partial charge in [0.15, 0.2) is 5.01 Å². The third-order valence-corrected chi connectivity index (χ3v) is 8.56. The molecular formula is C28H25F6N5O5S. The Labute approximate surface area is 255 Å². The van der Waals surface area contributed by atoms with E-state index >= 15 is 0 Å². The highest BCUT2D eigenvalue weighted by Gasteiger charge is 2.38. The molecule has 17 heteroatoms. The predicted molar refractivity (Wildman–Crippen MR) is 151 cm³/mol. The number of hydrogen-bond acceptors (Lipinski definition) is 8. The molecule has 0 atom stereocenters. The first-order chi connectivity index (χ1) is 21.2. The second-order valence-electron chi connectivity index (χ2n) is 10.5. The fraction of sp³-hybridized carbons (Fsp3) is 0.429. The number of benzene rings is 2. The fourth-order valence-corrected chi connectivity index (χ4v) is 6.05. The van der Waals surface area contributed by atoms with Gasteiger partial charge in [0.25, 0.3) is 11.6 Å². The van der Waals surface area contributed by atoms with Crippen LogP contribution in [0.2, 0.25) is 0 Å².